The summed E-state index contributed by atoms with van der Waals surface area (Å²) in [6.45, 7) is 3.08. The summed E-state index contributed by atoms with van der Waals surface area (Å²) in [6, 6.07) is 28.2. The Morgan fingerprint density at radius 1 is 0.611 bits per heavy atom. The van der Waals surface area contributed by atoms with Crippen LogP contribution < -0.4 is 0 Å². The third-order valence-corrected chi connectivity index (χ3v) is 11.8. The lowest BCUT2D eigenvalue weighted by Crippen LogP contribution is -2.68. The van der Waals surface area contributed by atoms with Gasteiger partial charge in [-0.15, -0.1) is 6.58 Å². The van der Waals surface area contributed by atoms with Gasteiger partial charge in [0.05, 0.1) is 51.1 Å². The molecule has 282 valence electrons. The van der Waals surface area contributed by atoms with Crippen LogP contribution in [0.2, 0.25) is 0 Å². The predicted octanol–water partition coefficient (Wildman–Crippen LogP) is 6.74. The molecule has 1 unspecified atom stereocenters. The largest absolute Gasteiger partial charge is 0.394 e. The Hall–Kier alpha value is -4.30. The average molecular weight is 863 g/mol. The molecule has 4 aromatic carbocycles. The van der Waals surface area contributed by atoms with Gasteiger partial charge in [-0.05, 0) is 59.7 Å². The highest BCUT2D eigenvalue weighted by atomic mass is 79.9. The maximum absolute atomic E-state index is 13.0. The number of hydrogen-bond donors (Lipinski definition) is 4. The lowest BCUT2D eigenvalue weighted by molar-refractivity contribution is -0.196. The van der Waals surface area contributed by atoms with Crippen LogP contribution in [0.5, 0.6) is 0 Å². The normalized spacial score (nSPS) is 26.9. The molecule has 1 atom stereocenters. The Bertz CT molecular complexity index is 2050. The van der Waals surface area contributed by atoms with Crippen LogP contribution in [0.15, 0.2) is 119 Å². The summed E-state index contributed by atoms with van der Waals surface area (Å²) in [5.41, 5.74) is -1.59. The van der Waals surface area contributed by atoms with Crippen molar-refractivity contribution < 1.29 is 39.6 Å². The van der Waals surface area contributed by atoms with E-state index in [1.807, 2.05) is 24.3 Å². The molecule has 0 aromatic heterocycles. The molecule has 2 saturated carbocycles. The fraction of sp³-hybridized carbons (Fsp3) is 0.286. The Morgan fingerprint density at radius 3 is 1.22 bits per heavy atom. The van der Waals surface area contributed by atoms with Gasteiger partial charge in [-0.1, -0.05) is 101 Å². The summed E-state index contributed by atoms with van der Waals surface area (Å²) in [5, 5.41) is 40.5. The van der Waals surface area contributed by atoms with Gasteiger partial charge in [-0.3, -0.25) is 29.0 Å². The summed E-state index contributed by atoms with van der Waals surface area (Å²) >= 11 is 6.78. The standard InChI is InChI=1S/C20H18BrNO5.C20H16BrNO3.2CH4/c21-13-7-5-12(6-8-13)19(10-20(27,11-19)16(24)9-23)22-17(25)14-3-1-2-4-15(14)18(22)26;1-2-19(25)11-20(12-19,13-7-9-14(21)10-8-13)22-17(23)15-5-3-4-6-16(15)18(22)24;;/h1-8,16,23-24,27H,9-11H2;2-10,25H,1,11-12H2;2*1H4. The number of aliphatic hydroxyl groups is 4. The maximum Gasteiger partial charge on any atom is 0.262 e. The van der Waals surface area contributed by atoms with E-state index in [-0.39, 0.29) is 52.4 Å². The van der Waals surface area contributed by atoms with Gasteiger partial charge in [-0.25, -0.2) is 0 Å². The zero-order chi connectivity index (χ0) is 37.2. The van der Waals surface area contributed by atoms with E-state index in [0.29, 0.717) is 27.8 Å². The van der Waals surface area contributed by atoms with E-state index in [4.69, 9.17) is 0 Å². The van der Waals surface area contributed by atoms with Crippen molar-refractivity contribution in [1.29, 1.82) is 0 Å². The number of rotatable bonds is 7. The van der Waals surface area contributed by atoms with Gasteiger partial charge in [-0.2, -0.15) is 0 Å². The first-order chi connectivity index (χ1) is 24.7. The molecule has 10 nitrogen and oxygen atoms in total. The number of nitrogens with zero attached hydrogens (tertiary/aromatic N) is 2. The fourth-order valence-corrected chi connectivity index (χ4v) is 8.66. The molecule has 2 heterocycles. The Morgan fingerprint density at radius 2 is 0.926 bits per heavy atom. The van der Waals surface area contributed by atoms with Crippen LogP contribution in [-0.4, -0.2) is 77.8 Å². The summed E-state index contributed by atoms with van der Waals surface area (Å²) in [7, 11) is 0. The molecule has 4 amide bonds. The van der Waals surface area contributed by atoms with Crippen molar-refractivity contribution in [3.05, 3.63) is 152 Å². The van der Waals surface area contributed by atoms with Crippen molar-refractivity contribution in [3.63, 3.8) is 0 Å². The topological polar surface area (TPSA) is 156 Å². The molecule has 0 radical (unpaired) electrons. The number of aliphatic hydroxyl groups excluding tert-OH is 2. The summed E-state index contributed by atoms with van der Waals surface area (Å²) in [4.78, 5) is 54.5. The zero-order valence-corrected chi connectivity index (χ0v) is 30.9. The van der Waals surface area contributed by atoms with E-state index >= 15 is 0 Å². The van der Waals surface area contributed by atoms with Crippen LogP contribution in [0.25, 0.3) is 0 Å². The molecule has 4 aromatic rings. The number of hydrogen-bond acceptors (Lipinski definition) is 8. The predicted molar refractivity (Wildman–Crippen MR) is 211 cm³/mol. The minimum absolute atomic E-state index is 0. The quantitative estimate of drug-likeness (QED) is 0.118. The summed E-state index contributed by atoms with van der Waals surface area (Å²) in [6.07, 6.45) is 0.537. The third-order valence-electron chi connectivity index (χ3n) is 10.8. The molecule has 0 bridgehead atoms. The monoisotopic (exact) mass is 860 g/mol. The van der Waals surface area contributed by atoms with E-state index in [0.717, 1.165) is 14.5 Å². The smallest absolute Gasteiger partial charge is 0.262 e. The van der Waals surface area contributed by atoms with Crippen molar-refractivity contribution in [2.24, 2.45) is 0 Å². The van der Waals surface area contributed by atoms with Crippen LogP contribution in [-0.2, 0) is 11.1 Å². The summed E-state index contributed by atoms with van der Waals surface area (Å²) < 4.78 is 1.75. The second-order valence-corrected chi connectivity index (χ2v) is 15.7. The van der Waals surface area contributed by atoms with Crippen molar-refractivity contribution in [2.75, 3.05) is 6.61 Å². The number of benzene rings is 4. The molecular weight excluding hydrogens is 820 g/mol. The Balaban J connectivity index is 0.000000201. The highest BCUT2D eigenvalue weighted by Gasteiger charge is 2.65. The first-order valence-corrected chi connectivity index (χ1v) is 18.2. The molecule has 0 spiro atoms. The number of fused-ring (bicyclic) bond motifs is 2. The number of carbonyl (C=O) groups is 4. The molecule has 0 saturated heterocycles. The number of carbonyl (C=O) groups excluding carboxylic acids is 4. The number of halogens is 2. The second kappa shape index (κ2) is 14.7. The van der Waals surface area contributed by atoms with Crippen LogP contribution in [0.1, 0.15) is 93.1 Å². The van der Waals surface area contributed by atoms with Gasteiger partial charge in [0, 0.05) is 34.6 Å². The number of imide groups is 2. The SMILES string of the molecule is C.C.C=CC1(O)CC(c2ccc(Br)cc2)(N2C(=O)c3ccccc3C2=O)C1.O=C1c2ccccc2C(=O)N1C1(c2ccc(Br)cc2)CC(O)(C(O)CO)C1. The van der Waals surface area contributed by atoms with Crippen LogP contribution in [0.3, 0.4) is 0 Å². The van der Waals surface area contributed by atoms with Crippen molar-refractivity contribution in [2.45, 2.75) is 68.9 Å². The van der Waals surface area contributed by atoms with E-state index in [2.05, 4.69) is 38.4 Å². The van der Waals surface area contributed by atoms with Gasteiger partial charge < -0.3 is 20.4 Å². The molecule has 2 aliphatic heterocycles. The van der Waals surface area contributed by atoms with E-state index in [1.54, 1.807) is 72.8 Å². The Labute approximate surface area is 331 Å². The van der Waals surface area contributed by atoms with E-state index in [9.17, 15) is 39.6 Å². The molecule has 4 aliphatic rings. The highest BCUT2D eigenvalue weighted by molar-refractivity contribution is 9.10. The summed E-state index contributed by atoms with van der Waals surface area (Å²) in [5.74, 6) is -1.46. The van der Waals surface area contributed by atoms with E-state index in [1.165, 1.54) is 15.9 Å². The molecule has 12 heteroatoms. The minimum atomic E-state index is -1.57. The van der Waals surface area contributed by atoms with Crippen LogP contribution >= 0.6 is 31.9 Å². The maximum atomic E-state index is 13.0. The van der Waals surface area contributed by atoms with Gasteiger partial charge in [0.1, 0.15) is 6.10 Å². The first kappa shape index (κ1) is 40.9. The van der Waals surface area contributed by atoms with Crippen LogP contribution in [0.4, 0.5) is 0 Å². The van der Waals surface area contributed by atoms with Crippen molar-refractivity contribution >= 4 is 55.5 Å². The Kier molecular flexibility index (Phi) is 11.2. The average Bonchev–Trinajstić information content (AvgIpc) is 3.53. The lowest BCUT2D eigenvalue weighted by atomic mass is 9.58. The lowest BCUT2D eigenvalue weighted by Gasteiger charge is -2.58. The molecule has 54 heavy (non-hydrogen) atoms. The second-order valence-electron chi connectivity index (χ2n) is 13.9. The van der Waals surface area contributed by atoms with Crippen LogP contribution in [0, 0.1) is 0 Å². The van der Waals surface area contributed by atoms with E-state index < -0.39 is 46.8 Å². The molecule has 2 aliphatic carbocycles. The van der Waals surface area contributed by atoms with Gasteiger partial charge in [0.25, 0.3) is 23.6 Å². The zero-order valence-electron chi connectivity index (χ0n) is 27.7. The van der Waals surface area contributed by atoms with Crippen molar-refractivity contribution in [1.82, 2.24) is 9.80 Å². The molecule has 2 fully saturated rings. The first-order valence-electron chi connectivity index (χ1n) is 16.6. The van der Waals surface area contributed by atoms with Crippen molar-refractivity contribution in [3.8, 4) is 0 Å². The van der Waals surface area contributed by atoms with Gasteiger partial charge >= 0.3 is 0 Å². The molecule has 8 rings (SSSR count). The molecular formula is C42H42Br2N2O8. The highest BCUT2D eigenvalue weighted by Crippen LogP contribution is 2.57. The molecule has 4 N–H and O–H groups in total. The minimum Gasteiger partial charge on any atom is -0.394 e. The fourth-order valence-electron chi connectivity index (χ4n) is 8.13. The third kappa shape index (κ3) is 6.28. The van der Waals surface area contributed by atoms with Gasteiger partial charge in [0.2, 0.25) is 0 Å². The van der Waals surface area contributed by atoms with Gasteiger partial charge in [0.15, 0.2) is 0 Å². The number of amides is 4.